The number of halogens is 1. The van der Waals surface area contributed by atoms with Gasteiger partial charge in [-0.1, -0.05) is 28.1 Å². The minimum absolute atomic E-state index is 0.0584. The second-order valence-electron chi connectivity index (χ2n) is 4.98. The minimum atomic E-state index is -3.67. The fourth-order valence-electron chi connectivity index (χ4n) is 1.86. The minimum Gasteiger partial charge on any atom is -0.484 e. The van der Waals surface area contributed by atoms with Crippen molar-refractivity contribution in [1.82, 2.24) is 15.6 Å². The molecule has 0 aromatic heterocycles. The number of hydrogen-bond donors (Lipinski definition) is 3. The molecule has 2 amide bonds. The fraction of sp³-hybridized carbons (Fsp3) is 0.125. The van der Waals surface area contributed by atoms with E-state index in [1.165, 1.54) is 31.3 Å². The Bertz CT molecular complexity index is 918. The maximum Gasteiger partial charge on any atom is 0.276 e. The highest BCUT2D eigenvalue weighted by molar-refractivity contribution is 9.10. The third-order valence-corrected chi connectivity index (χ3v) is 5.06. The Hall–Kier alpha value is -2.43. The van der Waals surface area contributed by atoms with Crippen LogP contribution in [-0.2, 0) is 14.8 Å². The van der Waals surface area contributed by atoms with Crippen LogP contribution >= 0.6 is 15.9 Å². The summed E-state index contributed by atoms with van der Waals surface area (Å²) in [5.41, 5.74) is 4.48. The first-order valence-electron chi connectivity index (χ1n) is 7.33. The second kappa shape index (κ2) is 8.79. The smallest absolute Gasteiger partial charge is 0.276 e. The first-order chi connectivity index (χ1) is 12.3. The van der Waals surface area contributed by atoms with Crippen LogP contribution in [0.2, 0.25) is 0 Å². The lowest BCUT2D eigenvalue weighted by Crippen LogP contribution is -2.43. The molecule has 2 aromatic rings. The van der Waals surface area contributed by atoms with E-state index in [9.17, 15) is 18.0 Å². The molecule has 0 heterocycles. The third-order valence-electron chi connectivity index (χ3n) is 3.16. The van der Waals surface area contributed by atoms with Gasteiger partial charge in [0.1, 0.15) is 5.75 Å². The van der Waals surface area contributed by atoms with Crippen molar-refractivity contribution in [2.75, 3.05) is 13.7 Å². The van der Waals surface area contributed by atoms with Crippen LogP contribution in [0.3, 0.4) is 0 Å². The van der Waals surface area contributed by atoms with Gasteiger partial charge in [0.15, 0.2) is 6.61 Å². The Morgan fingerprint density at radius 3 is 2.50 bits per heavy atom. The number of amides is 2. The molecule has 8 nitrogen and oxygen atoms in total. The topological polar surface area (TPSA) is 114 Å². The summed E-state index contributed by atoms with van der Waals surface area (Å²) in [6.45, 7) is -0.301. The van der Waals surface area contributed by atoms with Crippen molar-refractivity contribution in [3.8, 4) is 5.75 Å². The van der Waals surface area contributed by atoms with Gasteiger partial charge in [0, 0.05) is 10.0 Å². The van der Waals surface area contributed by atoms with E-state index in [-0.39, 0.29) is 17.1 Å². The van der Waals surface area contributed by atoms with Gasteiger partial charge in [-0.05, 0) is 43.4 Å². The van der Waals surface area contributed by atoms with Gasteiger partial charge in [-0.25, -0.2) is 13.1 Å². The largest absolute Gasteiger partial charge is 0.484 e. The van der Waals surface area contributed by atoms with Gasteiger partial charge in [-0.3, -0.25) is 20.4 Å². The summed E-state index contributed by atoms with van der Waals surface area (Å²) in [5, 5.41) is 0. The molecule has 0 bridgehead atoms. The summed E-state index contributed by atoms with van der Waals surface area (Å²) < 4.78 is 31.8. The van der Waals surface area contributed by atoms with E-state index in [2.05, 4.69) is 31.5 Å². The van der Waals surface area contributed by atoms with Crippen molar-refractivity contribution >= 4 is 37.8 Å². The van der Waals surface area contributed by atoms with Gasteiger partial charge in [0.25, 0.3) is 11.8 Å². The Morgan fingerprint density at radius 1 is 1.08 bits per heavy atom. The third kappa shape index (κ3) is 5.55. The quantitative estimate of drug-likeness (QED) is 0.582. The van der Waals surface area contributed by atoms with Crippen LogP contribution in [0.1, 0.15) is 10.4 Å². The highest BCUT2D eigenvalue weighted by Gasteiger charge is 2.14. The molecule has 0 fully saturated rings. The van der Waals surface area contributed by atoms with E-state index < -0.39 is 21.8 Å². The monoisotopic (exact) mass is 441 g/mol. The molecule has 138 valence electrons. The number of rotatable bonds is 6. The zero-order chi connectivity index (χ0) is 19.2. The summed E-state index contributed by atoms with van der Waals surface area (Å²) >= 11 is 3.28. The Morgan fingerprint density at radius 2 is 1.81 bits per heavy atom. The second-order valence-corrected chi connectivity index (χ2v) is 7.79. The number of hydrogen-bond acceptors (Lipinski definition) is 5. The van der Waals surface area contributed by atoms with E-state index in [0.717, 1.165) is 4.47 Å². The Kier molecular flexibility index (Phi) is 6.72. The molecule has 2 rings (SSSR count). The molecule has 0 unspecified atom stereocenters. The van der Waals surface area contributed by atoms with Crippen LogP contribution in [0.15, 0.2) is 57.9 Å². The molecule has 0 aliphatic rings. The molecular formula is C16H16BrN3O5S. The number of carbonyl (C=O) groups excluding carboxylic acids is 2. The average Bonchev–Trinajstić information content (AvgIpc) is 2.64. The predicted molar refractivity (Wildman–Crippen MR) is 97.9 cm³/mol. The van der Waals surface area contributed by atoms with Crippen molar-refractivity contribution in [2.45, 2.75) is 4.90 Å². The van der Waals surface area contributed by atoms with Crippen LogP contribution in [0, 0.1) is 0 Å². The van der Waals surface area contributed by atoms with E-state index in [4.69, 9.17) is 4.74 Å². The van der Waals surface area contributed by atoms with Gasteiger partial charge in [-0.2, -0.15) is 0 Å². The predicted octanol–water partition coefficient (Wildman–Crippen LogP) is 1.20. The molecule has 0 atom stereocenters. The number of nitrogens with one attached hydrogen (secondary N) is 3. The molecule has 0 aliphatic heterocycles. The molecule has 10 heteroatoms. The summed E-state index contributed by atoms with van der Waals surface area (Å²) in [7, 11) is -2.40. The normalized spacial score (nSPS) is 10.8. The fourth-order valence-corrected chi connectivity index (χ4v) is 3.02. The number of carbonyl (C=O) groups is 2. The summed E-state index contributed by atoms with van der Waals surface area (Å²) in [5.74, 6) is -0.739. The maximum absolute atomic E-state index is 12.0. The van der Waals surface area contributed by atoms with E-state index in [0.29, 0.717) is 5.75 Å². The van der Waals surface area contributed by atoms with Gasteiger partial charge in [0.05, 0.1) is 4.90 Å². The molecular weight excluding hydrogens is 426 g/mol. The lowest BCUT2D eigenvalue weighted by molar-refractivity contribution is -0.123. The number of ether oxygens (including phenoxy) is 1. The molecule has 0 radical (unpaired) electrons. The first kappa shape index (κ1) is 19.9. The van der Waals surface area contributed by atoms with Gasteiger partial charge >= 0.3 is 0 Å². The molecule has 3 N–H and O–H groups in total. The number of benzene rings is 2. The number of sulfonamides is 1. The highest BCUT2D eigenvalue weighted by atomic mass is 79.9. The van der Waals surface area contributed by atoms with Crippen LogP contribution in [0.25, 0.3) is 0 Å². The highest BCUT2D eigenvalue weighted by Crippen LogP contribution is 2.17. The molecule has 0 saturated heterocycles. The first-order valence-corrected chi connectivity index (χ1v) is 9.60. The van der Waals surface area contributed by atoms with Crippen molar-refractivity contribution in [2.24, 2.45) is 0 Å². The van der Waals surface area contributed by atoms with Crippen LogP contribution in [-0.4, -0.2) is 33.9 Å². The molecule has 2 aromatic carbocycles. The summed E-state index contributed by atoms with van der Waals surface area (Å²) in [4.78, 5) is 23.7. The van der Waals surface area contributed by atoms with Crippen molar-refractivity contribution in [3.05, 3.63) is 58.6 Å². The molecule has 26 heavy (non-hydrogen) atoms. The zero-order valence-corrected chi connectivity index (χ0v) is 16.1. The lowest BCUT2D eigenvalue weighted by atomic mass is 10.2. The Balaban J connectivity index is 1.90. The summed E-state index contributed by atoms with van der Waals surface area (Å²) in [6, 6.07) is 12.4. The molecule has 0 aliphatic carbocycles. The van der Waals surface area contributed by atoms with Crippen molar-refractivity contribution in [3.63, 3.8) is 0 Å². The lowest BCUT2D eigenvalue weighted by Gasteiger charge is -2.10. The standard InChI is InChI=1S/C16H16BrN3O5S/c1-18-26(23,24)14-7-2-4-11(8-14)16(22)20-19-15(21)10-25-13-6-3-5-12(17)9-13/h2-9,18H,10H2,1H3,(H,19,21)(H,20,22). The molecule has 0 spiro atoms. The van der Waals surface area contributed by atoms with Crippen molar-refractivity contribution in [1.29, 1.82) is 0 Å². The maximum atomic E-state index is 12.0. The van der Waals surface area contributed by atoms with Gasteiger partial charge in [0.2, 0.25) is 10.0 Å². The molecule has 0 saturated carbocycles. The van der Waals surface area contributed by atoms with E-state index in [1.54, 1.807) is 18.2 Å². The van der Waals surface area contributed by atoms with Gasteiger partial charge in [-0.15, -0.1) is 0 Å². The Labute approximate surface area is 159 Å². The van der Waals surface area contributed by atoms with E-state index in [1.807, 2.05) is 6.07 Å². The van der Waals surface area contributed by atoms with Crippen LogP contribution in [0.5, 0.6) is 5.75 Å². The van der Waals surface area contributed by atoms with Crippen molar-refractivity contribution < 1.29 is 22.7 Å². The average molecular weight is 442 g/mol. The van der Waals surface area contributed by atoms with E-state index >= 15 is 0 Å². The number of hydrazine groups is 1. The zero-order valence-electron chi connectivity index (χ0n) is 13.7. The van der Waals surface area contributed by atoms with Crippen LogP contribution < -0.4 is 20.3 Å². The summed E-state index contributed by atoms with van der Waals surface area (Å²) in [6.07, 6.45) is 0. The van der Waals surface area contributed by atoms with Crippen LogP contribution in [0.4, 0.5) is 0 Å². The SMILES string of the molecule is CNS(=O)(=O)c1cccc(C(=O)NNC(=O)COc2cccc(Br)c2)c1. The van der Waals surface area contributed by atoms with Gasteiger partial charge < -0.3 is 4.74 Å².